The van der Waals surface area contributed by atoms with Crippen molar-refractivity contribution in [2.24, 2.45) is 0 Å². The Morgan fingerprint density at radius 3 is 2.26 bits per heavy atom. The summed E-state index contributed by atoms with van der Waals surface area (Å²) in [5.74, 6) is 1.22. The first-order valence-electron chi connectivity index (χ1n) is 8.14. The number of hydrogen-bond acceptors (Lipinski definition) is 6. The molecule has 0 spiro atoms. The van der Waals surface area contributed by atoms with Crippen LogP contribution in [0.4, 0.5) is 0 Å². The summed E-state index contributed by atoms with van der Waals surface area (Å²) >= 11 is 0.897. The average Bonchev–Trinajstić information content (AvgIpc) is 3.03. The number of rotatable bonds is 5. The van der Waals surface area contributed by atoms with Gasteiger partial charge in [-0.25, -0.2) is 3.96 Å². The maximum atomic E-state index is 12.9. The number of aromatic nitrogens is 1. The molecule has 0 atom stereocenters. The van der Waals surface area contributed by atoms with E-state index in [1.54, 1.807) is 49.4 Å². The van der Waals surface area contributed by atoms with Gasteiger partial charge in [0.1, 0.15) is 0 Å². The van der Waals surface area contributed by atoms with Gasteiger partial charge in [0.05, 0.1) is 32.2 Å². The van der Waals surface area contributed by atoms with Crippen molar-refractivity contribution < 1.29 is 19.0 Å². The number of hydrogen-bond donors (Lipinski definition) is 0. The molecule has 0 N–H and O–H groups in total. The van der Waals surface area contributed by atoms with Crippen LogP contribution < -0.4 is 19.0 Å². The molecule has 2 aromatic carbocycles. The molecule has 3 rings (SSSR count). The number of benzene rings is 2. The molecule has 27 heavy (non-hydrogen) atoms. The lowest BCUT2D eigenvalue weighted by atomic mass is 10.1. The second-order valence-corrected chi connectivity index (χ2v) is 6.70. The van der Waals surface area contributed by atoms with Gasteiger partial charge in [0.25, 0.3) is 10.6 Å². The summed E-state index contributed by atoms with van der Waals surface area (Å²) in [4.78, 5) is 25.0. The minimum Gasteiger partial charge on any atom is -0.493 e. The first-order valence-corrected chi connectivity index (χ1v) is 8.91. The number of nitrogens with zero attached hydrogens (tertiary/aromatic N) is 1. The highest BCUT2D eigenvalue weighted by molar-refractivity contribution is 7.06. The monoisotopic (exact) mass is 385 g/mol. The third-order valence-corrected chi connectivity index (χ3v) is 5.04. The number of para-hydroxylation sites is 1. The van der Waals surface area contributed by atoms with Gasteiger partial charge in [0.2, 0.25) is 5.75 Å². The van der Waals surface area contributed by atoms with E-state index < -0.39 is 0 Å². The quantitative estimate of drug-likeness (QED) is 0.625. The second kappa shape index (κ2) is 7.67. The Morgan fingerprint density at radius 2 is 1.67 bits per heavy atom. The van der Waals surface area contributed by atoms with Crippen molar-refractivity contribution in [1.29, 1.82) is 0 Å². The first-order chi connectivity index (χ1) is 13.0. The highest BCUT2D eigenvalue weighted by Gasteiger charge is 2.16. The van der Waals surface area contributed by atoms with Gasteiger partial charge in [-0.15, -0.1) is 0 Å². The van der Waals surface area contributed by atoms with Crippen LogP contribution in [0.1, 0.15) is 17.3 Å². The molecule has 1 heterocycles. The molecule has 0 bridgehead atoms. The van der Waals surface area contributed by atoms with Crippen LogP contribution in [0.25, 0.3) is 17.0 Å². The normalized spacial score (nSPS) is 11.5. The van der Waals surface area contributed by atoms with E-state index in [1.165, 1.54) is 25.3 Å². The molecular formula is C20H19NO5S. The van der Waals surface area contributed by atoms with Crippen LogP contribution in [0, 0.1) is 0 Å². The molecular weight excluding hydrogens is 366 g/mol. The van der Waals surface area contributed by atoms with E-state index >= 15 is 0 Å². The maximum absolute atomic E-state index is 12.9. The Balaban J connectivity index is 2.04. The van der Waals surface area contributed by atoms with Crippen LogP contribution in [-0.2, 0) is 0 Å². The minimum absolute atomic E-state index is 0.139. The molecule has 0 aliphatic carbocycles. The molecule has 1 aromatic heterocycles. The smallest absolute Gasteiger partial charge is 0.267 e. The Labute approximate surface area is 160 Å². The Bertz CT molecular complexity index is 1070. The van der Waals surface area contributed by atoms with Gasteiger partial charge in [0, 0.05) is 5.57 Å². The third-order valence-electron chi connectivity index (χ3n) is 4.11. The van der Waals surface area contributed by atoms with Gasteiger partial charge in [-0.3, -0.25) is 9.59 Å². The zero-order valence-electron chi connectivity index (χ0n) is 15.4. The summed E-state index contributed by atoms with van der Waals surface area (Å²) in [5.41, 5.74) is 1.80. The van der Waals surface area contributed by atoms with Gasteiger partial charge in [-0.05, 0) is 54.4 Å². The molecule has 0 saturated heterocycles. The number of methoxy groups -OCH3 is 3. The molecule has 7 heteroatoms. The molecule has 3 aromatic rings. The van der Waals surface area contributed by atoms with Gasteiger partial charge >= 0.3 is 0 Å². The van der Waals surface area contributed by atoms with E-state index in [0.29, 0.717) is 33.7 Å². The number of fused-ring (bicyclic) bond motifs is 1. The first kappa shape index (κ1) is 18.7. The largest absolute Gasteiger partial charge is 0.493 e. The average molecular weight is 385 g/mol. The highest BCUT2D eigenvalue weighted by Crippen LogP contribution is 2.38. The Hall–Kier alpha value is -3.06. The fourth-order valence-electron chi connectivity index (χ4n) is 2.81. The van der Waals surface area contributed by atoms with E-state index in [1.807, 2.05) is 0 Å². The fraction of sp³-hybridized carbons (Fsp3) is 0.200. The molecule has 0 fully saturated rings. The maximum Gasteiger partial charge on any atom is 0.267 e. The molecule has 0 saturated carbocycles. The van der Waals surface area contributed by atoms with Crippen LogP contribution >= 0.6 is 11.5 Å². The zero-order chi connectivity index (χ0) is 19.6. The van der Waals surface area contributed by atoms with Gasteiger partial charge in [0.15, 0.2) is 11.5 Å². The number of allylic oxidation sites excluding steroid dienone is 1. The molecule has 0 unspecified atom stereocenters. The Kier molecular flexibility index (Phi) is 5.32. The molecule has 0 aliphatic rings. The van der Waals surface area contributed by atoms with E-state index in [0.717, 1.165) is 17.1 Å². The summed E-state index contributed by atoms with van der Waals surface area (Å²) in [6.45, 7) is 1.71. The standard InChI is InChI=1S/C20H19NO5S/c1-12(9-13-10-16(24-2)18(26-4)17(11-13)25-3)19(22)21-15-8-6-5-7-14(15)20(23)27-21/h5-11H,1-4H3/b12-9+. The molecule has 0 amide bonds. The van der Waals surface area contributed by atoms with Crippen molar-refractivity contribution >= 4 is 34.4 Å². The Morgan fingerprint density at radius 1 is 1.04 bits per heavy atom. The predicted molar refractivity (Wildman–Crippen MR) is 106 cm³/mol. The summed E-state index contributed by atoms with van der Waals surface area (Å²) in [5, 5.41) is 0.538. The van der Waals surface area contributed by atoms with Crippen molar-refractivity contribution in [2.75, 3.05) is 21.3 Å². The van der Waals surface area contributed by atoms with Crippen LogP contribution in [0.5, 0.6) is 17.2 Å². The van der Waals surface area contributed by atoms with Crippen molar-refractivity contribution in [2.45, 2.75) is 6.92 Å². The van der Waals surface area contributed by atoms with Gasteiger partial charge in [-0.2, -0.15) is 0 Å². The lowest BCUT2D eigenvalue weighted by molar-refractivity contribution is 0.0972. The van der Waals surface area contributed by atoms with Crippen molar-refractivity contribution in [3.8, 4) is 17.2 Å². The van der Waals surface area contributed by atoms with Crippen LogP contribution in [0.2, 0.25) is 0 Å². The number of carbonyl (C=O) groups is 1. The third kappa shape index (κ3) is 3.46. The lowest BCUT2D eigenvalue weighted by Crippen LogP contribution is -2.08. The van der Waals surface area contributed by atoms with Crippen molar-refractivity contribution in [1.82, 2.24) is 3.96 Å². The summed E-state index contributed by atoms with van der Waals surface area (Å²) in [6.07, 6.45) is 1.72. The van der Waals surface area contributed by atoms with Gasteiger partial charge in [-0.1, -0.05) is 12.1 Å². The zero-order valence-corrected chi connectivity index (χ0v) is 16.3. The molecule has 0 aliphatic heterocycles. The second-order valence-electron chi connectivity index (χ2n) is 5.78. The van der Waals surface area contributed by atoms with Crippen molar-refractivity contribution in [3.63, 3.8) is 0 Å². The highest BCUT2D eigenvalue weighted by atomic mass is 32.1. The summed E-state index contributed by atoms with van der Waals surface area (Å²) in [7, 11) is 4.60. The van der Waals surface area contributed by atoms with Crippen LogP contribution in [-0.4, -0.2) is 31.2 Å². The molecule has 140 valence electrons. The van der Waals surface area contributed by atoms with Gasteiger partial charge < -0.3 is 14.2 Å². The summed E-state index contributed by atoms with van der Waals surface area (Å²) in [6, 6.07) is 10.6. The van der Waals surface area contributed by atoms with Crippen molar-refractivity contribution in [3.05, 3.63) is 57.1 Å². The number of carbonyl (C=O) groups excluding carboxylic acids is 1. The van der Waals surface area contributed by atoms with E-state index in [2.05, 4.69) is 0 Å². The minimum atomic E-state index is -0.257. The molecule has 0 radical (unpaired) electrons. The van der Waals surface area contributed by atoms with Crippen LogP contribution in [0.15, 0.2) is 46.8 Å². The van der Waals surface area contributed by atoms with E-state index in [-0.39, 0.29) is 10.6 Å². The SMILES string of the molecule is COc1cc(/C=C(\C)C(=O)n2sc(=O)c3ccccc32)cc(OC)c1OC. The van der Waals surface area contributed by atoms with E-state index in [4.69, 9.17) is 14.2 Å². The number of ether oxygens (including phenoxy) is 3. The van der Waals surface area contributed by atoms with Crippen LogP contribution in [0.3, 0.4) is 0 Å². The fourth-order valence-corrected chi connectivity index (χ4v) is 3.73. The summed E-state index contributed by atoms with van der Waals surface area (Å²) < 4.78 is 17.3. The lowest BCUT2D eigenvalue weighted by Gasteiger charge is -2.13. The van der Waals surface area contributed by atoms with E-state index in [9.17, 15) is 9.59 Å². The molecule has 6 nitrogen and oxygen atoms in total. The predicted octanol–water partition coefficient (Wildman–Crippen LogP) is 3.83. The topological polar surface area (TPSA) is 66.8 Å².